The van der Waals surface area contributed by atoms with Gasteiger partial charge in [-0.25, -0.2) is 4.98 Å². The van der Waals surface area contributed by atoms with Gasteiger partial charge in [0.2, 0.25) is 5.13 Å². The van der Waals surface area contributed by atoms with Crippen LogP contribution in [0.3, 0.4) is 0 Å². The number of carbonyl (C=O) groups is 1. The van der Waals surface area contributed by atoms with Gasteiger partial charge in [-0.1, -0.05) is 0 Å². The zero-order valence-corrected chi connectivity index (χ0v) is 16.1. The molecule has 1 aromatic carbocycles. The van der Waals surface area contributed by atoms with Crippen molar-refractivity contribution < 1.29 is 9.53 Å². The molecule has 28 heavy (non-hydrogen) atoms. The van der Waals surface area contributed by atoms with Crippen LogP contribution in [0.1, 0.15) is 6.92 Å². The van der Waals surface area contributed by atoms with Crippen molar-refractivity contribution in [2.24, 2.45) is 10.2 Å². The van der Waals surface area contributed by atoms with Gasteiger partial charge in [0, 0.05) is 23.3 Å². The first kappa shape index (κ1) is 18.1. The minimum atomic E-state index is -0.618. The van der Waals surface area contributed by atoms with Crippen molar-refractivity contribution in [1.29, 1.82) is 0 Å². The van der Waals surface area contributed by atoms with Crippen molar-refractivity contribution in [1.82, 2.24) is 15.4 Å². The van der Waals surface area contributed by atoms with E-state index in [1.807, 2.05) is 24.4 Å². The van der Waals surface area contributed by atoms with Crippen LogP contribution in [-0.4, -0.2) is 35.1 Å². The molecule has 0 spiro atoms. The number of pyridine rings is 1. The van der Waals surface area contributed by atoms with Gasteiger partial charge in [0.15, 0.2) is 6.04 Å². The summed E-state index contributed by atoms with van der Waals surface area (Å²) < 4.78 is 5.13. The number of thiazole rings is 1. The predicted octanol–water partition coefficient (Wildman–Crippen LogP) is 3.61. The van der Waals surface area contributed by atoms with E-state index in [4.69, 9.17) is 4.74 Å². The highest BCUT2D eigenvalue weighted by molar-refractivity contribution is 7.14. The van der Waals surface area contributed by atoms with Crippen molar-refractivity contribution in [2.75, 3.05) is 12.1 Å². The lowest BCUT2D eigenvalue weighted by Crippen LogP contribution is -2.37. The number of benzene rings is 1. The van der Waals surface area contributed by atoms with Crippen molar-refractivity contribution in [3.05, 3.63) is 54.2 Å². The molecule has 2 atom stereocenters. The number of aromatic nitrogens is 2. The van der Waals surface area contributed by atoms with Crippen LogP contribution in [0.25, 0.3) is 11.3 Å². The summed E-state index contributed by atoms with van der Waals surface area (Å²) in [5.74, 6) is 0.535. The predicted molar refractivity (Wildman–Crippen MR) is 107 cm³/mol. The van der Waals surface area contributed by atoms with Gasteiger partial charge in [-0.2, -0.15) is 10.2 Å². The largest absolute Gasteiger partial charge is 0.497 e. The van der Waals surface area contributed by atoms with Gasteiger partial charge in [-0.3, -0.25) is 20.2 Å². The number of hydrogen-bond acceptors (Lipinski definition) is 8. The third-order valence-corrected chi connectivity index (χ3v) is 5.23. The fourth-order valence-electron chi connectivity index (χ4n) is 2.82. The fourth-order valence-corrected chi connectivity index (χ4v) is 3.70. The number of nitrogens with zero attached hydrogens (tertiary/aromatic N) is 5. The second-order valence-electron chi connectivity index (χ2n) is 6.20. The van der Waals surface area contributed by atoms with Crippen LogP contribution in [0.15, 0.2) is 64.4 Å². The number of hydrogen-bond donors (Lipinski definition) is 1. The molecule has 0 aliphatic carbocycles. The summed E-state index contributed by atoms with van der Waals surface area (Å²) in [6.45, 7) is 1.92. The molecule has 4 rings (SSSR count). The average Bonchev–Trinajstić information content (AvgIpc) is 3.32. The first-order chi connectivity index (χ1) is 13.7. The normalized spacial score (nSPS) is 19.2. The lowest BCUT2D eigenvalue weighted by molar-refractivity contribution is -0.120. The molecule has 0 radical (unpaired) electrons. The number of anilines is 1. The monoisotopic (exact) mass is 394 g/mol. The lowest BCUT2D eigenvalue weighted by atomic mass is 10.2. The summed E-state index contributed by atoms with van der Waals surface area (Å²) in [4.78, 5) is 21.1. The number of azo groups is 1. The van der Waals surface area contributed by atoms with Gasteiger partial charge in [0.05, 0.1) is 24.5 Å². The minimum Gasteiger partial charge on any atom is -0.497 e. The van der Waals surface area contributed by atoms with E-state index in [2.05, 4.69) is 25.6 Å². The van der Waals surface area contributed by atoms with Crippen LogP contribution < -0.4 is 15.2 Å². The number of methoxy groups -OCH3 is 1. The molecular formula is C19H18N6O2S. The number of rotatable bonds is 5. The zero-order valence-electron chi connectivity index (χ0n) is 15.3. The number of ether oxygens (including phenoxy) is 1. The van der Waals surface area contributed by atoms with E-state index >= 15 is 0 Å². The molecule has 3 heterocycles. The van der Waals surface area contributed by atoms with Crippen molar-refractivity contribution in [2.45, 2.75) is 19.0 Å². The quantitative estimate of drug-likeness (QED) is 0.668. The highest BCUT2D eigenvalue weighted by Crippen LogP contribution is 2.30. The Kier molecular flexibility index (Phi) is 4.98. The van der Waals surface area contributed by atoms with E-state index in [0.717, 1.165) is 17.0 Å². The van der Waals surface area contributed by atoms with Crippen LogP contribution >= 0.6 is 11.3 Å². The molecule has 1 aliphatic heterocycles. The molecule has 3 aromatic rings. The van der Waals surface area contributed by atoms with Gasteiger partial charge in [-0.15, -0.1) is 11.3 Å². The van der Waals surface area contributed by atoms with Crippen LogP contribution in [0.5, 0.6) is 5.75 Å². The van der Waals surface area contributed by atoms with E-state index in [1.165, 1.54) is 11.3 Å². The average molecular weight is 394 g/mol. The Labute approximate surface area is 165 Å². The SMILES string of the molecule is COc1ccc(N=NC2C(=O)NN(c3nc(-c4cccnc4)cs3)C2C)cc1. The van der Waals surface area contributed by atoms with Gasteiger partial charge < -0.3 is 4.74 Å². The van der Waals surface area contributed by atoms with Crippen molar-refractivity contribution in [3.63, 3.8) is 0 Å². The molecular weight excluding hydrogens is 376 g/mol. The maximum Gasteiger partial charge on any atom is 0.267 e. The minimum absolute atomic E-state index is 0.206. The summed E-state index contributed by atoms with van der Waals surface area (Å²) >= 11 is 1.45. The Bertz CT molecular complexity index is 989. The number of carbonyl (C=O) groups excluding carboxylic acids is 1. The van der Waals surface area contributed by atoms with E-state index < -0.39 is 6.04 Å². The van der Waals surface area contributed by atoms with Gasteiger partial charge >= 0.3 is 0 Å². The molecule has 2 aromatic heterocycles. The molecule has 8 nitrogen and oxygen atoms in total. The molecule has 142 valence electrons. The van der Waals surface area contributed by atoms with Gasteiger partial charge in [-0.05, 0) is 43.3 Å². The number of hydrazine groups is 1. The zero-order chi connectivity index (χ0) is 19.5. The van der Waals surface area contributed by atoms with Crippen LogP contribution in [0, 0.1) is 0 Å². The fraction of sp³-hybridized carbons (Fsp3) is 0.211. The third kappa shape index (κ3) is 3.56. The summed E-state index contributed by atoms with van der Waals surface area (Å²) in [6, 6.07) is 10.2. The second kappa shape index (κ2) is 7.73. The van der Waals surface area contributed by atoms with E-state index in [-0.39, 0.29) is 11.9 Å². The highest BCUT2D eigenvalue weighted by Gasteiger charge is 2.39. The summed E-state index contributed by atoms with van der Waals surface area (Å²) in [5, 5.41) is 12.8. The Morgan fingerprint density at radius 3 is 2.79 bits per heavy atom. The summed E-state index contributed by atoms with van der Waals surface area (Å²) in [6.07, 6.45) is 3.48. The number of nitrogens with one attached hydrogen (secondary N) is 1. The van der Waals surface area contributed by atoms with Gasteiger partial charge in [0.1, 0.15) is 5.75 Å². The Balaban J connectivity index is 1.50. The summed E-state index contributed by atoms with van der Waals surface area (Å²) in [7, 11) is 1.61. The first-order valence-corrected chi connectivity index (χ1v) is 9.54. The molecule has 0 bridgehead atoms. The van der Waals surface area contributed by atoms with Crippen LogP contribution in [0.2, 0.25) is 0 Å². The lowest BCUT2D eigenvalue weighted by Gasteiger charge is -2.19. The van der Waals surface area contributed by atoms with Crippen molar-refractivity contribution in [3.8, 4) is 17.0 Å². The van der Waals surface area contributed by atoms with E-state index in [1.54, 1.807) is 48.8 Å². The third-order valence-electron chi connectivity index (χ3n) is 4.39. The summed E-state index contributed by atoms with van der Waals surface area (Å²) in [5.41, 5.74) is 5.25. The Hall–Kier alpha value is -3.33. The molecule has 1 saturated heterocycles. The molecule has 1 N–H and O–H groups in total. The maximum absolute atomic E-state index is 12.4. The van der Waals surface area contributed by atoms with Crippen molar-refractivity contribution >= 4 is 28.1 Å². The topological polar surface area (TPSA) is 92.1 Å². The maximum atomic E-state index is 12.4. The standard InChI is InChI=1S/C19H18N6O2S/c1-12-17(23-22-14-5-7-15(27-2)8-6-14)18(26)24-25(12)19-21-16(11-28-19)13-4-3-9-20-10-13/h3-12,17H,1-2H3,(H,24,26). The molecule has 0 saturated carbocycles. The van der Waals surface area contributed by atoms with Crippen LogP contribution in [-0.2, 0) is 4.79 Å². The van der Waals surface area contributed by atoms with Gasteiger partial charge in [0.25, 0.3) is 5.91 Å². The molecule has 2 unspecified atom stereocenters. The van der Waals surface area contributed by atoms with E-state index in [0.29, 0.717) is 10.8 Å². The second-order valence-corrected chi connectivity index (χ2v) is 7.04. The molecule has 1 fully saturated rings. The Morgan fingerprint density at radius 2 is 2.07 bits per heavy atom. The first-order valence-electron chi connectivity index (χ1n) is 8.66. The number of amides is 1. The molecule has 9 heteroatoms. The van der Waals surface area contributed by atoms with Crippen LogP contribution in [0.4, 0.5) is 10.8 Å². The molecule has 1 aliphatic rings. The highest BCUT2D eigenvalue weighted by atomic mass is 32.1. The smallest absolute Gasteiger partial charge is 0.267 e. The van der Waals surface area contributed by atoms with E-state index in [9.17, 15) is 4.79 Å². The Morgan fingerprint density at radius 1 is 1.25 bits per heavy atom. The molecule has 1 amide bonds.